The van der Waals surface area contributed by atoms with Gasteiger partial charge in [-0.3, -0.25) is 14.4 Å². The van der Waals surface area contributed by atoms with Gasteiger partial charge in [-0.1, -0.05) is 91.0 Å². The molecule has 0 aliphatic heterocycles. The average Bonchev–Trinajstić information content (AvgIpc) is 3.17. The Morgan fingerprint density at radius 1 is 0.607 bits per heavy atom. The summed E-state index contributed by atoms with van der Waals surface area (Å²) in [5.74, 6) is -2.23. The van der Waals surface area contributed by atoms with Crippen molar-refractivity contribution in [2.45, 2.75) is 71.0 Å². The Balaban J connectivity index is 1.33. The monoisotopic (exact) mass is 765 g/mol. The Labute approximate surface area is 325 Å². The molecule has 294 valence electrons. The maximum absolute atomic E-state index is 13.5. The number of ether oxygens (including phenoxy) is 3. The Hall–Kier alpha value is -6.70. The molecule has 5 N–H and O–H groups in total. The number of amides is 5. The van der Waals surface area contributed by atoms with Crippen LogP contribution in [0.5, 0.6) is 5.75 Å². The van der Waals surface area contributed by atoms with E-state index in [1.807, 2.05) is 60.7 Å². The molecular weight excluding hydrogens is 718 g/mol. The molecule has 0 aliphatic carbocycles. The van der Waals surface area contributed by atoms with Gasteiger partial charge in [0.1, 0.15) is 36.2 Å². The first-order valence-corrected chi connectivity index (χ1v) is 18.0. The molecule has 5 amide bonds. The van der Waals surface area contributed by atoms with E-state index in [4.69, 9.17) is 14.2 Å². The van der Waals surface area contributed by atoms with Crippen LogP contribution in [-0.2, 0) is 43.3 Å². The Kier molecular flexibility index (Phi) is 15.5. The summed E-state index contributed by atoms with van der Waals surface area (Å²) in [6, 6.07) is 30.9. The number of carbonyl (C=O) groups excluding carboxylic acids is 6. The van der Waals surface area contributed by atoms with Gasteiger partial charge in [0.25, 0.3) is 0 Å². The molecule has 0 aromatic heterocycles. The van der Waals surface area contributed by atoms with Crippen molar-refractivity contribution in [2.75, 3.05) is 6.54 Å². The number of benzene rings is 4. The Morgan fingerprint density at radius 2 is 1.18 bits per heavy atom. The molecule has 0 saturated heterocycles. The molecule has 0 fully saturated rings. The van der Waals surface area contributed by atoms with E-state index < -0.39 is 66.3 Å². The number of hydrogen-bond donors (Lipinski definition) is 5. The van der Waals surface area contributed by atoms with Gasteiger partial charge >= 0.3 is 18.2 Å². The standard InChI is InChI=1S/C42H47N5O9/c1-28(37(49)43-26-36(48)46-35(25-29-14-8-5-9-15-29)47-40(52)54-27-31-16-10-6-11-17-31)44-38(50)34(45-41(53)56-42(2,3)4)24-30-20-22-33(23-21-30)55-39(51)32-18-12-7-13-19-32/h5-23,28,34-35H,24-27H2,1-4H3,(H,43,49)(H,44,50)(H,45,53)(H,46,48)(H,47,52). The van der Waals surface area contributed by atoms with Crippen LogP contribution in [0, 0.1) is 0 Å². The van der Waals surface area contributed by atoms with Crippen LogP contribution in [0.1, 0.15) is 54.7 Å². The smallest absolute Gasteiger partial charge is 0.409 e. The second-order valence-electron chi connectivity index (χ2n) is 13.8. The lowest BCUT2D eigenvalue weighted by molar-refractivity contribution is -0.130. The minimum absolute atomic E-state index is 0.00167. The van der Waals surface area contributed by atoms with Crippen LogP contribution >= 0.6 is 0 Å². The van der Waals surface area contributed by atoms with Gasteiger partial charge in [0.15, 0.2) is 0 Å². The number of nitrogens with one attached hydrogen (secondary N) is 5. The van der Waals surface area contributed by atoms with Crippen molar-refractivity contribution < 1.29 is 43.0 Å². The zero-order chi connectivity index (χ0) is 40.5. The van der Waals surface area contributed by atoms with E-state index in [1.165, 1.54) is 6.92 Å². The third kappa shape index (κ3) is 15.0. The highest BCUT2D eigenvalue weighted by atomic mass is 16.6. The summed E-state index contributed by atoms with van der Waals surface area (Å²) in [6.45, 7) is 6.02. The van der Waals surface area contributed by atoms with Crippen LogP contribution in [0.25, 0.3) is 0 Å². The highest BCUT2D eigenvalue weighted by Crippen LogP contribution is 2.16. The van der Waals surface area contributed by atoms with Gasteiger partial charge in [0.2, 0.25) is 17.7 Å². The molecule has 3 unspecified atom stereocenters. The summed E-state index contributed by atoms with van der Waals surface area (Å²) in [6.07, 6.45) is -2.22. The summed E-state index contributed by atoms with van der Waals surface area (Å²) >= 11 is 0. The molecule has 14 nitrogen and oxygen atoms in total. The highest BCUT2D eigenvalue weighted by Gasteiger charge is 2.28. The van der Waals surface area contributed by atoms with Gasteiger partial charge in [-0.15, -0.1) is 0 Å². The van der Waals surface area contributed by atoms with E-state index in [0.717, 1.165) is 11.1 Å². The lowest BCUT2D eigenvalue weighted by Crippen LogP contribution is -2.55. The molecular formula is C42H47N5O9. The van der Waals surface area contributed by atoms with E-state index in [2.05, 4.69) is 26.6 Å². The van der Waals surface area contributed by atoms with Crippen molar-refractivity contribution in [2.24, 2.45) is 0 Å². The van der Waals surface area contributed by atoms with Gasteiger partial charge in [-0.25, -0.2) is 14.4 Å². The van der Waals surface area contributed by atoms with Gasteiger partial charge in [0.05, 0.1) is 12.1 Å². The molecule has 14 heteroatoms. The Bertz CT molecular complexity index is 1920. The lowest BCUT2D eigenvalue weighted by atomic mass is 10.0. The second-order valence-corrected chi connectivity index (χ2v) is 13.8. The van der Waals surface area contributed by atoms with Crippen LogP contribution < -0.4 is 31.3 Å². The number of alkyl carbamates (subject to hydrolysis) is 2. The molecule has 0 spiro atoms. The number of esters is 1. The van der Waals surface area contributed by atoms with E-state index >= 15 is 0 Å². The SMILES string of the molecule is CC(NC(=O)C(Cc1ccc(OC(=O)c2ccccc2)cc1)NC(=O)OC(C)(C)C)C(=O)NCC(=O)NC(Cc1ccccc1)NC(=O)OCc1ccccc1. The number of rotatable bonds is 16. The van der Waals surface area contributed by atoms with Crippen molar-refractivity contribution in [3.8, 4) is 5.75 Å². The fourth-order valence-electron chi connectivity index (χ4n) is 5.17. The molecule has 4 aromatic carbocycles. The zero-order valence-corrected chi connectivity index (χ0v) is 31.7. The topological polar surface area (TPSA) is 190 Å². The average molecular weight is 766 g/mol. The Morgan fingerprint density at radius 3 is 1.79 bits per heavy atom. The maximum Gasteiger partial charge on any atom is 0.409 e. The number of carbonyl (C=O) groups is 6. The first-order valence-electron chi connectivity index (χ1n) is 18.0. The summed E-state index contributed by atoms with van der Waals surface area (Å²) in [4.78, 5) is 77.2. The molecule has 0 heterocycles. The second kappa shape index (κ2) is 20.7. The number of hydrogen-bond acceptors (Lipinski definition) is 9. The molecule has 0 radical (unpaired) electrons. The summed E-state index contributed by atoms with van der Waals surface area (Å²) in [5.41, 5.74) is 1.77. The predicted octanol–water partition coefficient (Wildman–Crippen LogP) is 4.57. The fraction of sp³-hybridized carbons (Fsp3) is 0.286. The minimum atomic E-state index is -1.17. The molecule has 4 rings (SSSR count). The third-order valence-corrected chi connectivity index (χ3v) is 7.89. The van der Waals surface area contributed by atoms with Crippen LogP contribution in [0.2, 0.25) is 0 Å². The van der Waals surface area contributed by atoms with E-state index in [-0.39, 0.29) is 25.2 Å². The van der Waals surface area contributed by atoms with Crippen molar-refractivity contribution in [1.29, 1.82) is 0 Å². The van der Waals surface area contributed by atoms with E-state index in [9.17, 15) is 28.8 Å². The quantitative estimate of drug-likeness (QED) is 0.0618. The lowest BCUT2D eigenvalue weighted by Gasteiger charge is -2.24. The summed E-state index contributed by atoms with van der Waals surface area (Å²) in [5, 5.41) is 13.0. The van der Waals surface area contributed by atoms with E-state index in [1.54, 1.807) is 75.4 Å². The van der Waals surface area contributed by atoms with Crippen molar-refractivity contribution in [3.63, 3.8) is 0 Å². The molecule has 0 bridgehead atoms. The maximum atomic E-state index is 13.5. The van der Waals surface area contributed by atoms with Crippen LogP contribution in [0.3, 0.4) is 0 Å². The first-order chi connectivity index (χ1) is 26.7. The highest BCUT2D eigenvalue weighted by molar-refractivity contribution is 5.93. The van der Waals surface area contributed by atoms with Gasteiger partial charge in [-0.05, 0) is 68.7 Å². The predicted molar refractivity (Wildman–Crippen MR) is 207 cm³/mol. The molecule has 56 heavy (non-hydrogen) atoms. The third-order valence-electron chi connectivity index (χ3n) is 7.89. The van der Waals surface area contributed by atoms with Gasteiger partial charge in [0, 0.05) is 12.8 Å². The summed E-state index contributed by atoms with van der Waals surface area (Å²) < 4.78 is 16.1. The fourth-order valence-corrected chi connectivity index (χ4v) is 5.17. The van der Waals surface area contributed by atoms with E-state index in [0.29, 0.717) is 11.1 Å². The van der Waals surface area contributed by atoms with Gasteiger partial charge in [-0.2, -0.15) is 0 Å². The molecule has 0 saturated carbocycles. The van der Waals surface area contributed by atoms with Crippen molar-refractivity contribution >= 4 is 35.9 Å². The normalized spacial score (nSPS) is 12.4. The van der Waals surface area contributed by atoms with Crippen molar-refractivity contribution in [1.82, 2.24) is 26.6 Å². The van der Waals surface area contributed by atoms with Crippen LogP contribution in [0.15, 0.2) is 115 Å². The van der Waals surface area contributed by atoms with Crippen LogP contribution in [0.4, 0.5) is 9.59 Å². The zero-order valence-electron chi connectivity index (χ0n) is 31.7. The minimum Gasteiger partial charge on any atom is -0.445 e. The van der Waals surface area contributed by atoms with Crippen molar-refractivity contribution in [3.05, 3.63) is 138 Å². The molecule has 4 aromatic rings. The van der Waals surface area contributed by atoms with Gasteiger partial charge < -0.3 is 40.8 Å². The largest absolute Gasteiger partial charge is 0.445 e. The van der Waals surface area contributed by atoms with Crippen LogP contribution in [-0.4, -0.2) is 66.3 Å². The molecule has 0 aliphatic rings. The first kappa shape index (κ1) is 42.0. The summed E-state index contributed by atoms with van der Waals surface area (Å²) in [7, 11) is 0. The molecule has 3 atom stereocenters.